The average Bonchev–Trinajstić information content (AvgIpc) is 2.06. The smallest absolute Gasteiger partial charge is 0.366 e. The molecule has 1 aromatic rings. The Hall–Kier alpha value is -0.623. The minimum absolute atomic E-state index is 0. The largest absolute Gasteiger partial charge is 1.00 e. The molecule has 0 fully saturated rings. The minimum Gasteiger partial charge on any atom is -0.366 e. The first-order chi connectivity index (χ1) is 5.38. The molecule has 0 aliphatic heterocycles. The van der Waals surface area contributed by atoms with E-state index in [9.17, 15) is 0 Å². The molecule has 0 unspecified atom stereocenters. The maximum absolute atomic E-state index is 7.01. The van der Waals surface area contributed by atoms with Gasteiger partial charge in [-0.2, -0.15) is 0 Å². The number of aryl methyl sites for hydroxylation is 1. The Morgan fingerprint density at radius 1 is 1.33 bits per heavy atom. The van der Waals surface area contributed by atoms with Gasteiger partial charge in [-0.3, -0.25) is 5.92 Å². The van der Waals surface area contributed by atoms with Gasteiger partial charge >= 0.3 is 18.9 Å². The Labute approximate surface area is 86.6 Å². The van der Waals surface area contributed by atoms with E-state index in [4.69, 9.17) is 6.42 Å². The molecule has 0 aliphatic carbocycles. The molecule has 0 aromatic heterocycles. The second-order valence-corrected chi connectivity index (χ2v) is 2.53. The van der Waals surface area contributed by atoms with Gasteiger partial charge in [-0.1, -0.05) is 31.5 Å². The van der Waals surface area contributed by atoms with Gasteiger partial charge in [0.25, 0.3) is 0 Å². The van der Waals surface area contributed by atoms with E-state index in [1.54, 1.807) is 0 Å². The van der Waals surface area contributed by atoms with Crippen molar-refractivity contribution in [3.63, 3.8) is 0 Å². The van der Waals surface area contributed by atoms with Crippen molar-refractivity contribution in [2.45, 2.75) is 19.8 Å². The topological polar surface area (TPSA) is 0 Å². The molecule has 0 amide bonds. The van der Waals surface area contributed by atoms with Crippen LogP contribution in [0.15, 0.2) is 24.3 Å². The van der Waals surface area contributed by atoms with Gasteiger partial charge in [-0.15, -0.1) is 17.2 Å². The van der Waals surface area contributed by atoms with E-state index >= 15 is 0 Å². The van der Waals surface area contributed by atoms with Gasteiger partial charge in [-0.25, -0.2) is 0 Å². The summed E-state index contributed by atoms with van der Waals surface area (Å²) in [4.78, 5) is 0. The van der Waals surface area contributed by atoms with Crippen molar-refractivity contribution >= 4 is 0 Å². The predicted octanol–water partition coefficient (Wildman–Crippen LogP) is -0.419. The van der Waals surface area contributed by atoms with E-state index in [0.717, 1.165) is 18.4 Å². The van der Waals surface area contributed by atoms with Gasteiger partial charge in [0.15, 0.2) is 0 Å². The van der Waals surface area contributed by atoms with Crippen LogP contribution >= 0.6 is 0 Å². The van der Waals surface area contributed by atoms with Crippen LogP contribution in [0.3, 0.4) is 0 Å². The average molecular weight is 150 g/mol. The van der Waals surface area contributed by atoms with Crippen LogP contribution in [0.1, 0.15) is 24.5 Å². The van der Waals surface area contributed by atoms with E-state index in [1.807, 2.05) is 18.2 Å². The maximum Gasteiger partial charge on any atom is 1.00 e. The molecule has 0 radical (unpaired) electrons. The minimum atomic E-state index is 0. The summed E-state index contributed by atoms with van der Waals surface area (Å²) < 4.78 is 0. The van der Waals surface area contributed by atoms with Crippen LogP contribution in [0, 0.1) is 12.3 Å². The van der Waals surface area contributed by atoms with Crippen LogP contribution in [-0.2, 0) is 6.42 Å². The first-order valence-corrected chi connectivity index (χ1v) is 3.89. The van der Waals surface area contributed by atoms with E-state index in [2.05, 4.69) is 18.9 Å². The van der Waals surface area contributed by atoms with Crippen molar-refractivity contribution in [2.24, 2.45) is 0 Å². The number of hydrogen-bond donors (Lipinski definition) is 0. The third-order valence-electron chi connectivity index (χ3n) is 1.67. The molecule has 56 valence electrons. The SMILES string of the molecule is [C-]#Cc1ccccc1CCC.[Li+]. The maximum atomic E-state index is 7.01. The monoisotopic (exact) mass is 150 g/mol. The zero-order valence-corrected chi connectivity index (χ0v) is 7.72. The number of rotatable bonds is 2. The first-order valence-electron chi connectivity index (χ1n) is 3.89. The summed E-state index contributed by atoms with van der Waals surface area (Å²) in [7, 11) is 0. The second-order valence-electron chi connectivity index (χ2n) is 2.53. The molecule has 0 aliphatic rings. The molecule has 0 heterocycles. The fourth-order valence-electron chi connectivity index (χ4n) is 1.13. The fourth-order valence-corrected chi connectivity index (χ4v) is 1.13. The molecule has 0 atom stereocenters. The van der Waals surface area contributed by atoms with Gasteiger partial charge < -0.3 is 6.42 Å². The zero-order chi connectivity index (χ0) is 8.10. The van der Waals surface area contributed by atoms with Crippen molar-refractivity contribution in [3.8, 4) is 5.92 Å². The van der Waals surface area contributed by atoms with Crippen molar-refractivity contribution < 1.29 is 18.9 Å². The van der Waals surface area contributed by atoms with Gasteiger partial charge in [0.05, 0.1) is 0 Å². The molecule has 0 bridgehead atoms. The van der Waals surface area contributed by atoms with E-state index in [1.165, 1.54) is 5.56 Å². The summed E-state index contributed by atoms with van der Waals surface area (Å²) in [6, 6.07) is 7.93. The van der Waals surface area contributed by atoms with E-state index in [0.29, 0.717) is 0 Å². The van der Waals surface area contributed by atoms with Gasteiger partial charge in [0.1, 0.15) is 0 Å². The molecule has 0 spiro atoms. The summed E-state index contributed by atoms with van der Waals surface area (Å²) >= 11 is 0. The Morgan fingerprint density at radius 2 is 2.00 bits per heavy atom. The molecule has 12 heavy (non-hydrogen) atoms. The van der Waals surface area contributed by atoms with Crippen molar-refractivity contribution in [2.75, 3.05) is 0 Å². The summed E-state index contributed by atoms with van der Waals surface area (Å²) in [5, 5.41) is 0. The summed E-state index contributed by atoms with van der Waals surface area (Å²) in [6.45, 7) is 2.14. The Bertz CT molecular complexity index is 271. The van der Waals surface area contributed by atoms with Crippen LogP contribution in [0.2, 0.25) is 0 Å². The third kappa shape index (κ3) is 2.78. The summed E-state index contributed by atoms with van der Waals surface area (Å²) in [6.07, 6.45) is 9.18. The Balaban J connectivity index is 0.00000121. The Morgan fingerprint density at radius 3 is 2.58 bits per heavy atom. The predicted molar refractivity (Wildman–Crippen MR) is 46.7 cm³/mol. The van der Waals surface area contributed by atoms with Gasteiger partial charge in [0, 0.05) is 0 Å². The molecule has 0 nitrogen and oxygen atoms in total. The number of benzene rings is 1. The first kappa shape index (κ1) is 11.4. The second kappa shape index (κ2) is 5.96. The number of hydrogen-bond acceptors (Lipinski definition) is 0. The van der Waals surface area contributed by atoms with Crippen LogP contribution in [0.5, 0.6) is 0 Å². The van der Waals surface area contributed by atoms with Crippen molar-refractivity contribution in [1.29, 1.82) is 0 Å². The third-order valence-corrected chi connectivity index (χ3v) is 1.67. The van der Waals surface area contributed by atoms with Crippen LogP contribution in [-0.4, -0.2) is 0 Å². The molecule has 1 aromatic carbocycles. The molecule has 1 heteroatoms. The van der Waals surface area contributed by atoms with E-state index in [-0.39, 0.29) is 18.9 Å². The Kier molecular flexibility index (Phi) is 5.65. The van der Waals surface area contributed by atoms with Crippen LogP contribution < -0.4 is 18.9 Å². The zero-order valence-electron chi connectivity index (χ0n) is 7.72. The van der Waals surface area contributed by atoms with Crippen molar-refractivity contribution in [3.05, 3.63) is 41.8 Å². The van der Waals surface area contributed by atoms with E-state index < -0.39 is 0 Å². The van der Waals surface area contributed by atoms with Crippen molar-refractivity contribution in [1.82, 2.24) is 0 Å². The van der Waals surface area contributed by atoms with Crippen LogP contribution in [0.25, 0.3) is 0 Å². The molecular formula is C11H11Li. The van der Waals surface area contributed by atoms with Gasteiger partial charge in [-0.05, 0) is 6.42 Å². The standard InChI is InChI=1S/C11H11.Li/c1-3-7-11-9-6-5-8-10(11)4-2;/h5-6,8-9H,3,7H2,1H3;/q-1;+1. The van der Waals surface area contributed by atoms with Gasteiger partial charge in [0.2, 0.25) is 0 Å². The summed E-state index contributed by atoms with van der Waals surface area (Å²) in [5.41, 5.74) is 2.15. The van der Waals surface area contributed by atoms with Crippen LogP contribution in [0.4, 0.5) is 0 Å². The molecule has 1 rings (SSSR count). The molecular weight excluding hydrogens is 139 g/mol. The molecule has 0 N–H and O–H groups in total. The normalized spacial score (nSPS) is 8.33. The molecule has 0 saturated carbocycles. The summed E-state index contributed by atoms with van der Waals surface area (Å²) in [5.74, 6) is 2.43. The molecule has 0 saturated heterocycles. The fraction of sp³-hybridized carbons (Fsp3) is 0.273. The quantitative estimate of drug-likeness (QED) is 0.305.